The lowest BCUT2D eigenvalue weighted by atomic mass is 10.1. The standard InChI is InChI=1S/C13H15F3N4/c1-3-4-11-18-12(20(2)19-11)9-6-5-8(7-10(9)17)13(14,15)16/h5-7H,3-4,17H2,1-2H3. The van der Waals surface area contributed by atoms with Crippen molar-refractivity contribution in [2.24, 2.45) is 7.05 Å². The van der Waals surface area contributed by atoms with Gasteiger partial charge in [0.15, 0.2) is 11.6 Å². The molecule has 1 aromatic carbocycles. The van der Waals surface area contributed by atoms with Gasteiger partial charge >= 0.3 is 6.18 Å². The Morgan fingerprint density at radius 3 is 2.55 bits per heavy atom. The highest BCUT2D eigenvalue weighted by molar-refractivity contribution is 5.72. The zero-order chi connectivity index (χ0) is 14.9. The second-order valence-electron chi connectivity index (χ2n) is 4.53. The first-order chi connectivity index (χ1) is 9.32. The summed E-state index contributed by atoms with van der Waals surface area (Å²) in [5.74, 6) is 1.13. The lowest BCUT2D eigenvalue weighted by Crippen LogP contribution is -2.06. The number of nitrogens with two attached hydrogens (primary N) is 1. The van der Waals surface area contributed by atoms with Gasteiger partial charge in [0, 0.05) is 24.7 Å². The molecule has 0 spiro atoms. The Morgan fingerprint density at radius 2 is 2.00 bits per heavy atom. The van der Waals surface area contributed by atoms with Crippen LogP contribution in [0.3, 0.4) is 0 Å². The fraction of sp³-hybridized carbons (Fsp3) is 0.385. The second-order valence-corrected chi connectivity index (χ2v) is 4.53. The third kappa shape index (κ3) is 2.76. The summed E-state index contributed by atoms with van der Waals surface area (Å²) in [6, 6.07) is 3.25. The van der Waals surface area contributed by atoms with E-state index in [1.165, 1.54) is 10.7 Å². The van der Waals surface area contributed by atoms with Gasteiger partial charge in [0.05, 0.1) is 5.56 Å². The van der Waals surface area contributed by atoms with Gasteiger partial charge in [-0.05, 0) is 24.6 Å². The van der Waals surface area contributed by atoms with Crippen molar-refractivity contribution in [2.75, 3.05) is 5.73 Å². The number of aryl methyl sites for hydroxylation is 2. The first kappa shape index (κ1) is 14.4. The van der Waals surface area contributed by atoms with Crippen molar-refractivity contribution >= 4 is 5.69 Å². The molecule has 20 heavy (non-hydrogen) atoms. The van der Waals surface area contributed by atoms with Crippen LogP contribution in [-0.4, -0.2) is 14.8 Å². The minimum absolute atomic E-state index is 0.0402. The Labute approximate surface area is 114 Å². The minimum atomic E-state index is -4.40. The van der Waals surface area contributed by atoms with E-state index in [2.05, 4.69) is 10.1 Å². The Kier molecular flexibility index (Phi) is 3.69. The van der Waals surface area contributed by atoms with E-state index in [4.69, 9.17) is 5.73 Å². The molecule has 0 radical (unpaired) electrons. The number of nitrogens with zero attached hydrogens (tertiary/aromatic N) is 3. The molecule has 1 aromatic heterocycles. The number of halogens is 3. The van der Waals surface area contributed by atoms with Crippen LogP contribution in [0, 0.1) is 0 Å². The predicted octanol–water partition coefficient (Wildman–Crippen LogP) is 3.04. The molecule has 0 fully saturated rings. The molecule has 0 bridgehead atoms. The Balaban J connectivity index is 2.43. The number of hydrogen-bond donors (Lipinski definition) is 1. The van der Waals surface area contributed by atoms with Crippen molar-refractivity contribution in [1.82, 2.24) is 14.8 Å². The summed E-state index contributed by atoms with van der Waals surface area (Å²) in [5.41, 5.74) is 5.45. The minimum Gasteiger partial charge on any atom is -0.398 e. The zero-order valence-electron chi connectivity index (χ0n) is 11.2. The van der Waals surface area contributed by atoms with E-state index in [-0.39, 0.29) is 5.69 Å². The van der Waals surface area contributed by atoms with Crippen molar-refractivity contribution in [2.45, 2.75) is 25.9 Å². The van der Waals surface area contributed by atoms with Gasteiger partial charge in [-0.1, -0.05) is 6.92 Å². The van der Waals surface area contributed by atoms with Crippen LogP contribution in [0.15, 0.2) is 18.2 Å². The molecule has 0 saturated carbocycles. The topological polar surface area (TPSA) is 56.7 Å². The lowest BCUT2D eigenvalue weighted by Gasteiger charge is -2.10. The number of aromatic nitrogens is 3. The smallest absolute Gasteiger partial charge is 0.398 e. The molecule has 1 heterocycles. The molecule has 0 aliphatic carbocycles. The normalized spacial score (nSPS) is 11.8. The highest BCUT2D eigenvalue weighted by Crippen LogP contribution is 2.33. The summed E-state index contributed by atoms with van der Waals surface area (Å²) in [6.07, 6.45) is -2.79. The molecular weight excluding hydrogens is 269 g/mol. The molecule has 7 heteroatoms. The van der Waals surface area contributed by atoms with Crippen LogP contribution in [0.4, 0.5) is 18.9 Å². The molecule has 2 N–H and O–H groups in total. The summed E-state index contributed by atoms with van der Waals surface area (Å²) in [4.78, 5) is 4.31. The van der Waals surface area contributed by atoms with Crippen molar-refractivity contribution in [3.63, 3.8) is 0 Å². The van der Waals surface area contributed by atoms with Crippen LogP contribution >= 0.6 is 0 Å². The molecule has 0 amide bonds. The second kappa shape index (κ2) is 5.15. The van der Waals surface area contributed by atoms with Gasteiger partial charge in [-0.15, -0.1) is 0 Å². The summed E-state index contributed by atoms with van der Waals surface area (Å²) in [7, 11) is 1.69. The Bertz CT molecular complexity index is 617. The summed E-state index contributed by atoms with van der Waals surface area (Å²) in [5, 5.41) is 4.22. The van der Waals surface area contributed by atoms with Crippen LogP contribution in [0.1, 0.15) is 24.7 Å². The molecule has 0 aliphatic heterocycles. The molecule has 0 unspecified atom stereocenters. The average Bonchev–Trinajstić information content (AvgIpc) is 2.69. The van der Waals surface area contributed by atoms with Gasteiger partial charge in [-0.25, -0.2) is 9.67 Å². The molecule has 2 rings (SSSR count). The van der Waals surface area contributed by atoms with Crippen LogP contribution in [0.25, 0.3) is 11.4 Å². The van der Waals surface area contributed by atoms with Gasteiger partial charge in [0.25, 0.3) is 0 Å². The van der Waals surface area contributed by atoms with Gasteiger partial charge < -0.3 is 5.73 Å². The maximum absolute atomic E-state index is 12.6. The summed E-state index contributed by atoms with van der Waals surface area (Å²) in [6.45, 7) is 2.00. The highest BCUT2D eigenvalue weighted by atomic mass is 19.4. The Hall–Kier alpha value is -2.05. The van der Waals surface area contributed by atoms with Crippen molar-refractivity contribution in [3.8, 4) is 11.4 Å². The number of benzene rings is 1. The quantitative estimate of drug-likeness (QED) is 0.881. The van der Waals surface area contributed by atoms with E-state index in [9.17, 15) is 13.2 Å². The lowest BCUT2D eigenvalue weighted by molar-refractivity contribution is -0.137. The first-order valence-corrected chi connectivity index (χ1v) is 6.20. The third-order valence-electron chi connectivity index (χ3n) is 2.90. The van der Waals surface area contributed by atoms with E-state index < -0.39 is 11.7 Å². The van der Waals surface area contributed by atoms with Crippen molar-refractivity contribution in [3.05, 3.63) is 29.6 Å². The predicted molar refractivity (Wildman–Crippen MR) is 69.8 cm³/mol. The number of anilines is 1. The van der Waals surface area contributed by atoms with Crippen molar-refractivity contribution < 1.29 is 13.2 Å². The SMILES string of the molecule is CCCc1nc(-c2ccc(C(F)(F)F)cc2N)n(C)n1. The molecule has 4 nitrogen and oxygen atoms in total. The van der Waals surface area contributed by atoms with E-state index in [0.29, 0.717) is 23.6 Å². The van der Waals surface area contributed by atoms with E-state index >= 15 is 0 Å². The van der Waals surface area contributed by atoms with Gasteiger partial charge in [0.2, 0.25) is 0 Å². The van der Waals surface area contributed by atoms with Crippen LogP contribution in [0.2, 0.25) is 0 Å². The van der Waals surface area contributed by atoms with Gasteiger partial charge in [-0.2, -0.15) is 18.3 Å². The number of nitrogen functional groups attached to an aromatic ring is 1. The number of hydrogen-bond acceptors (Lipinski definition) is 3. The third-order valence-corrected chi connectivity index (χ3v) is 2.90. The van der Waals surface area contributed by atoms with E-state index in [1.807, 2.05) is 6.92 Å². The van der Waals surface area contributed by atoms with Crippen LogP contribution < -0.4 is 5.73 Å². The largest absolute Gasteiger partial charge is 0.416 e. The Morgan fingerprint density at radius 1 is 1.30 bits per heavy atom. The fourth-order valence-corrected chi connectivity index (χ4v) is 1.94. The van der Waals surface area contributed by atoms with Gasteiger partial charge in [0.1, 0.15) is 0 Å². The number of rotatable bonds is 3. The van der Waals surface area contributed by atoms with Crippen molar-refractivity contribution in [1.29, 1.82) is 0 Å². The van der Waals surface area contributed by atoms with Crippen LogP contribution in [0.5, 0.6) is 0 Å². The fourth-order valence-electron chi connectivity index (χ4n) is 1.94. The average molecular weight is 284 g/mol. The molecule has 2 aromatic rings. The summed E-state index contributed by atoms with van der Waals surface area (Å²) < 4.78 is 39.3. The van der Waals surface area contributed by atoms with Gasteiger partial charge in [-0.3, -0.25) is 0 Å². The first-order valence-electron chi connectivity index (χ1n) is 6.20. The maximum atomic E-state index is 12.6. The molecule has 0 saturated heterocycles. The molecule has 0 atom stereocenters. The monoisotopic (exact) mass is 284 g/mol. The van der Waals surface area contributed by atoms with Crippen LogP contribution in [-0.2, 0) is 19.6 Å². The maximum Gasteiger partial charge on any atom is 0.416 e. The number of alkyl halides is 3. The highest BCUT2D eigenvalue weighted by Gasteiger charge is 2.31. The zero-order valence-corrected chi connectivity index (χ0v) is 11.2. The molecule has 0 aliphatic rings. The van der Waals surface area contributed by atoms with E-state index in [1.54, 1.807) is 7.05 Å². The summed E-state index contributed by atoms with van der Waals surface area (Å²) >= 11 is 0. The molecular formula is C13H15F3N4. The molecule has 108 valence electrons. The van der Waals surface area contributed by atoms with E-state index in [0.717, 1.165) is 18.6 Å².